The molecule has 0 amide bonds. The van der Waals surface area contributed by atoms with Crippen molar-refractivity contribution >= 4 is 39.7 Å². The molecule has 2 aromatic heterocycles. The molecule has 2 heterocycles. The largest absolute Gasteiger partial charge is 0.361 e. The van der Waals surface area contributed by atoms with Gasteiger partial charge in [-0.05, 0) is 29.8 Å². The first-order valence-corrected chi connectivity index (χ1v) is 6.03. The lowest BCUT2D eigenvalue weighted by Crippen LogP contribution is -2.01. The quantitative estimate of drug-likeness (QED) is 0.438. The van der Waals surface area contributed by atoms with Crippen molar-refractivity contribution in [1.29, 1.82) is 0 Å². The molecule has 0 unspecified atom stereocenters. The third-order valence-corrected chi connectivity index (χ3v) is 2.97. The van der Waals surface area contributed by atoms with Gasteiger partial charge in [0.2, 0.25) is 11.1 Å². The van der Waals surface area contributed by atoms with Crippen LogP contribution in [0.5, 0.6) is 0 Å². The summed E-state index contributed by atoms with van der Waals surface area (Å²) in [6.07, 6.45) is 2.87. The molecular weight excluding hydrogens is 282 g/mol. The number of nitro groups is 1. The van der Waals surface area contributed by atoms with E-state index in [1.807, 2.05) is 18.2 Å². The Morgan fingerprint density at radius 3 is 3.00 bits per heavy atom. The van der Waals surface area contributed by atoms with Crippen LogP contribution in [0.2, 0.25) is 5.28 Å². The average Bonchev–Trinajstić information content (AvgIpc) is 2.88. The van der Waals surface area contributed by atoms with Crippen LogP contribution in [0.15, 0.2) is 36.7 Å². The van der Waals surface area contributed by atoms with Crippen molar-refractivity contribution in [2.24, 2.45) is 0 Å². The fraction of sp³-hybridized carbons (Fsp3) is 0. The molecule has 1 aromatic carbocycles. The van der Waals surface area contributed by atoms with Crippen molar-refractivity contribution in [2.45, 2.75) is 0 Å². The van der Waals surface area contributed by atoms with E-state index in [9.17, 15) is 10.1 Å². The standard InChI is InChI=1S/C12H8ClN5O2/c13-12-15-6-10(18(19)20)11(17-12)16-9-3-1-2-8-7(9)4-5-14-8/h1-6,14H,(H,15,16,17). The van der Waals surface area contributed by atoms with E-state index in [1.165, 1.54) is 0 Å². The number of fused-ring (bicyclic) bond motifs is 1. The van der Waals surface area contributed by atoms with Gasteiger partial charge >= 0.3 is 5.69 Å². The molecule has 0 radical (unpaired) electrons. The normalized spacial score (nSPS) is 10.7. The highest BCUT2D eigenvalue weighted by Crippen LogP contribution is 2.29. The number of nitrogens with zero attached hydrogens (tertiary/aromatic N) is 3. The molecule has 3 aromatic rings. The first kappa shape index (κ1) is 12.4. The Labute approximate surface area is 117 Å². The number of benzene rings is 1. The van der Waals surface area contributed by atoms with Gasteiger partial charge in [0.25, 0.3) is 0 Å². The topological polar surface area (TPSA) is 96.7 Å². The van der Waals surface area contributed by atoms with E-state index in [0.29, 0.717) is 5.69 Å². The summed E-state index contributed by atoms with van der Waals surface area (Å²) in [5.41, 5.74) is 1.38. The van der Waals surface area contributed by atoms with Crippen molar-refractivity contribution in [3.63, 3.8) is 0 Å². The molecule has 0 aliphatic heterocycles. The summed E-state index contributed by atoms with van der Waals surface area (Å²) in [6, 6.07) is 7.40. The van der Waals surface area contributed by atoms with E-state index in [0.717, 1.165) is 17.1 Å². The highest BCUT2D eigenvalue weighted by molar-refractivity contribution is 6.28. The molecule has 8 heteroatoms. The van der Waals surface area contributed by atoms with Crippen LogP contribution < -0.4 is 5.32 Å². The molecule has 2 N–H and O–H groups in total. The molecule has 7 nitrogen and oxygen atoms in total. The number of rotatable bonds is 3. The van der Waals surface area contributed by atoms with Gasteiger partial charge in [-0.1, -0.05) is 6.07 Å². The van der Waals surface area contributed by atoms with Crippen LogP contribution >= 0.6 is 11.6 Å². The molecule has 3 rings (SSSR count). The second kappa shape index (κ2) is 4.78. The van der Waals surface area contributed by atoms with Crippen LogP contribution in [0.1, 0.15) is 0 Å². The zero-order chi connectivity index (χ0) is 14.1. The number of hydrogen-bond donors (Lipinski definition) is 2. The molecule has 0 atom stereocenters. The number of H-pyrrole nitrogens is 1. The van der Waals surface area contributed by atoms with Gasteiger partial charge < -0.3 is 10.3 Å². The van der Waals surface area contributed by atoms with E-state index in [2.05, 4.69) is 20.3 Å². The molecule has 0 aliphatic rings. The maximum absolute atomic E-state index is 11.0. The number of nitrogens with one attached hydrogen (secondary N) is 2. The maximum Gasteiger partial charge on any atom is 0.329 e. The van der Waals surface area contributed by atoms with Crippen LogP contribution in [-0.4, -0.2) is 19.9 Å². The van der Waals surface area contributed by atoms with E-state index in [1.54, 1.807) is 12.3 Å². The lowest BCUT2D eigenvalue weighted by molar-refractivity contribution is -0.384. The average molecular weight is 290 g/mol. The summed E-state index contributed by atoms with van der Waals surface area (Å²) < 4.78 is 0. The first-order valence-electron chi connectivity index (χ1n) is 5.65. The van der Waals surface area contributed by atoms with Crippen molar-refractivity contribution in [1.82, 2.24) is 15.0 Å². The number of aromatic nitrogens is 3. The Kier molecular flexibility index (Phi) is 2.96. The Bertz CT molecular complexity index is 801. The van der Waals surface area contributed by atoms with E-state index in [4.69, 9.17) is 11.6 Å². The molecule has 0 fully saturated rings. The molecular formula is C12H8ClN5O2. The fourth-order valence-corrected chi connectivity index (χ4v) is 2.03. The van der Waals surface area contributed by atoms with Gasteiger partial charge in [-0.2, -0.15) is 4.98 Å². The zero-order valence-corrected chi connectivity index (χ0v) is 10.8. The minimum atomic E-state index is -0.560. The van der Waals surface area contributed by atoms with Gasteiger partial charge in [0.15, 0.2) is 0 Å². The number of anilines is 2. The van der Waals surface area contributed by atoms with E-state index < -0.39 is 4.92 Å². The van der Waals surface area contributed by atoms with Crippen LogP contribution in [0, 0.1) is 10.1 Å². The molecule has 0 saturated carbocycles. The highest BCUT2D eigenvalue weighted by atomic mass is 35.5. The van der Waals surface area contributed by atoms with Crippen molar-refractivity contribution < 1.29 is 4.92 Å². The number of aromatic amines is 1. The first-order chi connectivity index (χ1) is 9.65. The smallest absolute Gasteiger partial charge is 0.329 e. The lowest BCUT2D eigenvalue weighted by Gasteiger charge is -2.07. The van der Waals surface area contributed by atoms with E-state index in [-0.39, 0.29) is 16.8 Å². The Morgan fingerprint density at radius 2 is 2.20 bits per heavy atom. The summed E-state index contributed by atoms with van der Waals surface area (Å²) in [6.45, 7) is 0. The van der Waals surface area contributed by atoms with Crippen LogP contribution in [0.3, 0.4) is 0 Å². The van der Waals surface area contributed by atoms with Crippen LogP contribution in [-0.2, 0) is 0 Å². The lowest BCUT2D eigenvalue weighted by atomic mass is 10.2. The molecule has 0 aliphatic carbocycles. The summed E-state index contributed by atoms with van der Waals surface area (Å²) in [4.78, 5) is 21.0. The van der Waals surface area contributed by atoms with Gasteiger partial charge in [-0.3, -0.25) is 10.1 Å². The molecule has 0 spiro atoms. The SMILES string of the molecule is O=[N+]([O-])c1cnc(Cl)nc1Nc1cccc2[nH]ccc12. The van der Waals surface area contributed by atoms with Crippen molar-refractivity contribution in [3.05, 3.63) is 52.1 Å². The van der Waals surface area contributed by atoms with Crippen LogP contribution in [0.4, 0.5) is 17.2 Å². The predicted molar refractivity (Wildman–Crippen MR) is 75.3 cm³/mol. The van der Waals surface area contributed by atoms with E-state index >= 15 is 0 Å². The minimum Gasteiger partial charge on any atom is -0.361 e. The third kappa shape index (κ3) is 2.14. The predicted octanol–water partition coefficient (Wildman–Crippen LogP) is 3.26. The van der Waals surface area contributed by atoms with Gasteiger partial charge in [-0.15, -0.1) is 0 Å². The number of halogens is 1. The molecule has 0 bridgehead atoms. The highest BCUT2D eigenvalue weighted by Gasteiger charge is 2.17. The summed E-state index contributed by atoms with van der Waals surface area (Å²) in [5, 5.41) is 14.7. The molecule has 20 heavy (non-hydrogen) atoms. The molecule has 100 valence electrons. The third-order valence-electron chi connectivity index (χ3n) is 2.78. The Balaban J connectivity index is 2.09. The van der Waals surface area contributed by atoms with Gasteiger partial charge in [0.1, 0.15) is 6.20 Å². The Hall–Kier alpha value is -2.67. The van der Waals surface area contributed by atoms with Gasteiger partial charge in [-0.25, -0.2) is 4.98 Å². The van der Waals surface area contributed by atoms with Crippen LogP contribution in [0.25, 0.3) is 10.9 Å². The zero-order valence-electron chi connectivity index (χ0n) is 10.0. The van der Waals surface area contributed by atoms with Gasteiger partial charge in [0.05, 0.1) is 4.92 Å². The summed E-state index contributed by atoms with van der Waals surface area (Å²) >= 11 is 5.69. The van der Waals surface area contributed by atoms with Gasteiger partial charge in [0, 0.05) is 22.8 Å². The minimum absolute atomic E-state index is 0.0562. The molecule has 0 saturated heterocycles. The number of hydrogen-bond acceptors (Lipinski definition) is 5. The van der Waals surface area contributed by atoms with Crippen molar-refractivity contribution in [3.8, 4) is 0 Å². The second-order valence-electron chi connectivity index (χ2n) is 4.00. The monoisotopic (exact) mass is 289 g/mol. The second-order valence-corrected chi connectivity index (χ2v) is 4.34. The summed E-state index contributed by atoms with van der Waals surface area (Å²) in [7, 11) is 0. The summed E-state index contributed by atoms with van der Waals surface area (Å²) in [5.74, 6) is 0.0590. The Morgan fingerprint density at radius 1 is 1.35 bits per heavy atom. The van der Waals surface area contributed by atoms with Crippen molar-refractivity contribution in [2.75, 3.05) is 5.32 Å². The fourth-order valence-electron chi connectivity index (χ4n) is 1.90. The maximum atomic E-state index is 11.0.